The molecule has 1 aromatic heterocycles. The summed E-state index contributed by atoms with van der Waals surface area (Å²) in [4.78, 5) is 26.7. The van der Waals surface area contributed by atoms with Gasteiger partial charge in [0.15, 0.2) is 5.11 Å². The van der Waals surface area contributed by atoms with Gasteiger partial charge in [0.1, 0.15) is 17.1 Å². The molecule has 31 heavy (non-hydrogen) atoms. The van der Waals surface area contributed by atoms with Crippen LogP contribution >= 0.6 is 12.2 Å². The number of carbonyl (C=O) groups excluding carboxylic acids is 2. The molecule has 154 valence electrons. The lowest BCUT2D eigenvalue weighted by atomic mass is 10.1. The van der Waals surface area contributed by atoms with Gasteiger partial charge in [0.2, 0.25) is 0 Å². The van der Waals surface area contributed by atoms with E-state index in [0.29, 0.717) is 11.5 Å². The first-order chi connectivity index (χ1) is 15.0. The second kappa shape index (κ2) is 8.93. The fraction of sp³-hybridized carbons (Fsp3) is 0.0800. The minimum atomic E-state index is -0.536. The van der Waals surface area contributed by atoms with Crippen LogP contribution in [-0.4, -0.2) is 28.4 Å². The van der Waals surface area contributed by atoms with Gasteiger partial charge >= 0.3 is 0 Å². The van der Waals surface area contributed by atoms with E-state index in [0.717, 1.165) is 16.7 Å². The molecule has 2 heterocycles. The summed E-state index contributed by atoms with van der Waals surface area (Å²) >= 11 is 5.20. The summed E-state index contributed by atoms with van der Waals surface area (Å²) < 4.78 is 5.84. The van der Waals surface area contributed by atoms with E-state index in [1.807, 2.05) is 79.7 Å². The second-order valence-corrected chi connectivity index (χ2v) is 7.50. The molecule has 0 aliphatic carbocycles. The Morgan fingerprint density at radius 2 is 1.74 bits per heavy atom. The highest BCUT2D eigenvalue weighted by Crippen LogP contribution is 2.24. The number of furan rings is 1. The Morgan fingerprint density at radius 1 is 1.00 bits per heavy atom. The molecule has 0 radical (unpaired) electrons. The average molecular weight is 429 g/mol. The zero-order valence-corrected chi connectivity index (χ0v) is 17.7. The number of carbonyl (C=O) groups is 2. The molecule has 0 spiro atoms. The van der Waals surface area contributed by atoms with Crippen molar-refractivity contribution in [3.63, 3.8) is 0 Å². The Bertz CT molecular complexity index is 1190. The largest absolute Gasteiger partial charge is 0.457 e. The summed E-state index contributed by atoms with van der Waals surface area (Å²) in [6, 6.07) is 21.2. The number of rotatable bonds is 5. The number of aryl methyl sites for hydroxylation is 1. The fourth-order valence-electron chi connectivity index (χ4n) is 3.16. The van der Waals surface area contributed by atoms with Crippen LogP contribution in [0.4, 0.5) is 0 Å². The third-order valence-corrected chi connectivity index (χ3v) is 5.16. The van der Waals surface area contributed by atoms with Crippen molar-refractivity contribution < 1.29 is 14.0 Å². The lowest BCUT2D eigenvalue weighted by Crippen LogP contribution is -2.53. The van der Waals surface area contributed by atoms with E-state index in [1.165, 1.54) is 11.0 Å². The molecule has 0 bridgehead atoms. The Balaban J connectivity index is 1.53. The number of amides is 2. The van der Waals surface area contributed by atoms with Crippen molar-refractivity contribution in [2.45, 2.75) is 6.92 Å². The molecule has 2 aromatic carbocycles. The Morgan fingerprint density at radius 3 is 2.48 bits per heavy atom. The molecule has 0 saturated carbocycles. The van der Waals surface area contributed by atoms with Crippen molar-refractivity contribution in [3.05, 3.63) is 95.3 Å². The fourth-order valence-corrected chi connectivity index (χ4v) is 3.41. The number of thiocarbonyl (C=S) groups is 1. The third-order valence-electron chi connectivity index (χ3n) is 4.83. The quantitative estimate of drug-likeness (QED) is 0.367. The molecule has 0 unspecified atom stereocenters. The van der Waals surface area contributed by atoms with Crippen LogP contribution in [0.5, 0.6) is 0 Å². The van der Waals surface area contributed by atoms with Crippen molar-refractivity contribution in [1.82, 2.24) is 10.2 Å². The summed E-state index contributed by atoms with van der Waals surface area (Å²) in [6.45, 7) is 2.26. The zero-order valence-electron chi connectivity index (χ0n) is 16.9. The number of nitrogens with one attached hydrogen (secondary N) is 1. The van der Waals surface area contributed by atoms with Crippen molar-refractivity contribution in [3.8, 4) is 11.3 Å². The maximum atomic E-state index is 12.9. The summed E-state index contributed by atoms with van der Waals surface area (Å²) in [7, 11) is 0. The van der Waals surface area contributed by atoms with Gasteiger partial charge in [-0.2, -0.15) is 0 Å². The normalized spacial score (nSPS) is 15.7. The predicted molar refractivity (Wildman–Crippen MR) is 125 cm³/mol. The van der Waals surface area contributed by atoms with Crippen LogP contribution in [0.1, 0.15) is 16.9 Å². The van der Waals surface area contributed by atoms with Crippen molar-refractivity contribution >= 4 is 41.3 Å². The standard InChI is InChI=1S/C25H20N2O3S/c1-17-9-11-19(12-10-17)22-14-13-20(30-22)16-21-23(28)26-25(31)27(24(21)29)15-5-8-18-6-3-2-4-7-18/h2-14,16H,15H2,1H3,(H,26,28,31). The topological polar surface area (TPSA) is 62.6 Å². The predicted octanol–water partition coefficient (Wildman–Crippen LogP) is 4.60. The second-order valence-electron chi connectivity index (χ2n) is 7.11. The molecular formula is C25H20N2O3S. The van der Waals surface area contributed by atoms with Crippen LogP contribution in [0.15, 0.2) is 82.8 Å². The van der Waals surface area contributed by atoms with Gasteiger partial charge in [-0.1, -0.05) is 72.3 Å². The summed E-state index contributed by atoms with van der Waals surface area (Å²) in [5.74, 6) is 0.0849. The lowest BCUT2D eigenvalue weighted by Gasteiger charge is -2.27. The molecule has 6 heteroatoms. The number of nitrogens with zero attached hydrogens (tertiary/aromatic N) is 1. The van der Waals surface area contributed by atoms with Gasteiger partial charge in [-0.25, -0.2) is 0 Å². The molecule has 2 amide bonds. The van der Waals surface area contributed by atoms with Gasteiger partial charge in [-0.3, -0.25) is 19.8 Å². The SMILES string of the molecule is Cc1ccc(-c2ccc(C=C3C(=O)NC(=S)N(CC=Cc4ccccc4)C3=O)o2)cc1. The van der Waals surface area contributed by atoms with Gasteiger partial charge in [0.05, 0.1) is 0 Å². The summed E-state index contributed by atoms with van der Waals surface area (Å²) in [5, 5.41) is 2.66. The minimum Gasteiger partial charge on any atom is -0.457 e. The van der Waals surface area contributed by atoms with E-state index in [2.05, 4.69) is 5.32 Å². The lowest BCUT2D eigenvalue weighted by molar-refractivity contribution is -0.128. The highest BCUT2D eigenvalue weighted by atomic mass is 32.1. The van der Waals surface area contributed by atoms with E-state index in [4.69, 9.17) is 16.6 Å². The Hall–Kier alpha value is -3.77. The van der Waals surface area contributed by atoms with Crippen molar-refractivity contribution in [2.24, 2.45) is 0 Å². The van der Waals surface area contributed by atoms with Crippen LogP contribution < -0.4 is 5.32 Å². The van der Waals surface area contributed by atoms with E-state index in [-0.39, 0.29) is 17.2 Å². The van der Waals surface area contributed by atoms with Crippen LogP contribution in [0.2, 0.25) is 0 Å². The molecule has 1 fully saturated rings. The first kappa shape index (κ1) is 20.5. The zero-order chi connectivity index (χ0) is 21.8. The number of hydrogen-bond donors (Lipinski definition) is 1. The molecule has 1 aliphatic heterocycles. The molecule has 4 rings (SSSR count). The molecule has 5 nitrogen and oxygen atoms in total. The van der Waals surface area contributed by atoms with E-state index < -0.39 is 11.8 Å². The Kier molecular flexibility index (Phi) is 5.91. The average Bonchev–Trinajstić information content (AvgIpc) is 3.23. The number of hydrogen-bond acceptors (Lipinski definition) is 4. The highest BCUT2D eigenvalue weighted by molar-refractivity contribution is 7.80. The van der Waals surface area contributed by atoms with Gasteiger partial charge in [0, 0.05) is 12.1 Å². The first-order valence-corrected chi connectivity index (χ1v) is 10.2. The van der Waals surface area contributed by atoms with Crippen molar-refractivity contribution in [1.29, 1.82) is 0 Å². The highest BCUT2D eigenvalue weighted by Gasteiger charge is 2.33. The molecule has 3 aromatic rings. The third kappa shape index (κ3) is 4.70. The maximum Gasteiger partial charge on any atom is 0.266 e. The smallest absolute Gasteiger partial charge is 0.266 e. The van der Waals surface area contributed by atoms with Gasteiger partial charge in [0.25, 0.3) is 11.8 Å². The van der Waals surface area contributed by atoms with Crippen molar-refractivity contribution in [2.75, 3.05) is 6.54 Å². The Labute approximate surface area is 185 Å². The van der Waals surface area contributed by atoms with Crippen LogP contribution in [0.3, 0.4) is 0 Å². The monoisotopic (exact) mass is 428 g/mol. The van der Waals surface area contributed by atoms with E-state index >= 15 is 0 Å². The van der Waals surface area contributed by atoms with Crippen LogP contribution in [0.25, 0.3) is 23.5 Å². The molecule has 0 atom stereocenters. The van der Waals surface area contributed by atoms with E-state index in [1.54, 1.807) is 6.07 Å². The number of benzene rings is 2. The van der Waals surface area contributed by atoms with Crippen LogP contribution in [-0.2, 0) is 9.59 Å². The van der Waals surface area contributed by atoms with E-state index in [9.17, 15) is 9.59 Å². The maximum absolute atomic E-state index is 12.9. The summed E-state index contributed by atoms with van der Waals surface area (Å²) in [6.07, 6.45) is 5.18. The van der Waals surface area contributed by atoms with Crippen LogP contribution in [0, 0.1) is 6.92 Å². The van der Waals surface area contributed by atoms with Gasteiger partial charge in [-0.05, 0) is 42.9 Å². The minimum absolute atomic E-state index is 0.0217. The summed E-state index contributed by atoms with van der Waals surface area (Å²) in [5.41, 5.74) is 3.06. The van der Waals surface area contributed by atoms with Gasteiger partial charge < -0.3 is 4.42 Å². The molecule has 1 N–H and O–H groups in total. The molecule has 1 saturated heterocycles. The molecular weight excluding hydrogens is 408 g/mol. The van der Waals surface area contributed by atoms with Gasteiger partial charge in [-0.15, -0.1) is 0 Å². The first-order valence-electron chi connectivity index (χ1n) is 9.78. The molecule has 1 aliphatic rings.